The molecule has 7 nitrogen and oxygen atoms in total. The van der Waals surface area contributed by atoms with Gasteiger partial charge in [0.15, 0.2) is 11.5 Å². The highest BCUT2D eigenvalue weighted by molar-refractivity contribution is 7.10. The molecule has 2 aromatic carbocycles. The van der Waals surface area contributed by atoms with Gasteiger partial charge in [-0.05, 0) is 47.3 Å². The predicted octanol–water partition coefficient (Wildman–Crippen LogP) is 4.98. The van der Waals surface area contributed by atoms with Crippen LogP contribution in [0.4, 0.5) is 5.69 Å². The van der Waals surface area contributed by atoms with Crippen LogP contribution in [0, 0.1) is 0 Å². The number of hydrogen-bond acceptors (Lipinski definition) is 6. The third-order valence-corrected chi connectivity index (χ3v) is 6.95. The first-order valence-corrected chi connectivity index (χ1v) is 11.4. The van der Waals surface area contributed by atoms with Crippen LogP contribution in [0.5, 0.6) is 17.2 Å². The first-order chi connectivity index (χ1) is 15.9. The average Bonchev–Trinajstić information content (AvgIpc) is 3.34. The first kappa shape index (κ1) is 22.9. The Morgan fingerprint density at radius 1 is 1.03 bits per heavy atom. The number of methoxy groups -OCH3 is 3. The second-order valence-corrected chi connectivity index (χ2v) is 8.87. The minimum absolute atomic E-state index is 0.194. The van der Waals surface area contributed by atoms with Crippen molar-refractivity contribution in [3.8, 4) is 17.2 Å². The molecule has 1 aromatic heterocycles. The van der Waals surface area contributed by atoms with E-state index in [4.69, 9.17) is 25.8 Å². The second-order valence-electron chi connectivity index (χ2n) is 7.49. The zero-order chi connectivity index (χ0) is 23.7. The van der Waals surface area contributed by atoms with E-state index in [0.29, 0.717) is 39.1 Å². The summed E-state index contributed by atoms with van der Waals surface area (Å²) >= 11 is 7.74. The molecule has 0 saturated heterocycles. The molecule has 0 radical (unpaired) electrons. The Labute approximate surface area is 200 Å². The minimum Gasteiger partial charge on any atom is -0.495 e. The van der Waals surface area contributed by atoms with E-state index in [9.17, 15) is 9.59 Å². The Balaban J connectivity index is 1.83. The Bertz CT molecular complexity index is 1200. The van der Waals surface area contributed by atoms with Gasteiger partial charge in [0, 0.05) is 23.2 Å². The number of hydrogen-bond donors (Lipinski definition) is 1. The van der Waals surface area contributed by atoms with Crippen LogP contribution in [0.15, 0.2) is 47.8 Å². The number of fused-ring (bicyclic) bond motifs is 1. The third-order valence-electron chi connectivity index (χ3n) is 5.71. The van der Waals surface area contributed by atoms with Crippen LogP contribution in [0.1, 0.15) is 32.8 Å². The van der Waals surface area contributed by atoms with Gasteiger partial charge < -0.3 is 24.4 Å². The summed E-state index contributed by atoms with van der Waals surface area (Å²) in [4.78, 5) is 29.5. The molecule has 0 saturated carbocycles. The number of carbonyl (C=O) groups is 2. The number of rotatable bonds is 6. The Morgan fingerprint density at radius 2 is 1.73 bits per heavy atom. The van der Waals surface area contributed by atoms with Crippen LogP contribution < -0.4 is 19.5 Å². The molecule has 0 aliphatic carbocycles. The van der Waals surface area contributed by atoms with E-state index in [1.165, 1.54) is 32.7 Å². The van der Waals surface area contributed by atoms with Gasteiger partial charge in [0.05, 0.1) is 38.3 Å². The van der Waals surface area contributed by atoms with Gasteiger partial charge in [-0.15, -0.1) is 11.3 Å². The number of anilines is 1. The molecule has 0 fully saturated rings. The van der Waals surface area contributed by atoms with Crippen LogP contribution in [0.3, 0.4) is 0 Å². The zero-order valence-corrected chi connectivity index (χ0v) is 20.1. The lowest BCUT2D eigenvalue weighted by molar-refractivity contribution is -0.119. The molecule has 9 heteroatoms. The van der Waals surface area contributed by atoms with Crippen molar-refractivity contribution in [2.75, 3.05) is 33.7 Å². The fraction of sp³-hybridized carbons (Fsp3) is 0.250. The molecule has 1 N–H and O–H groups in total. The average molecular weight is 487 g/mol. The maximum absolute atomic E-state index is 13.7. The van der Waals surface area contributed by atoms with Crippen molar-refractivity contribution in [2.45, 2.75) is 12.0 Å². The quantitative estimate of drug-likeness (QED) is 0.532. The molecule has 0 spiro atoms. The van der Waals surface area contributed by atoms with Gasteiger partial charge in [0.1, 0.15) is 5.75 Å². The highest BCUT2D eigenvalue weighted by atomic mass is 35.5. The molecule has 2 atom stereocenters. The fourth-order valence-electron chi connectivity index (χ4n) is 4.11. The number of benzene rings is 2. The molecule has 33 heavy (non-hydrogen) atoms. The lowest BCUT2D eigenvalue weighted by Crippen LogP contribution is -2.43. The molecule has 2 heterocycles. The number of nitrogens with one attached hydrogen (secondary N) is 1. The Hall–Kier alpha value is -3.23. The van der Waals surface area contributed by atoms with E-state index in [1.807, 2.05) is 17.5 Å². The largest absolute Gasteiger partial charge is 0.495 e. The van der Waals surface area contributed by atoms with E-state index >= 15 is 0 Å². The molecule has 4 rings (SSSR count). The molecule has 1 aliphatic heterocycles. The Morgan fingerprint density at radius 3 is 2.33 bits per heavy atom. The summed E-state index contributed by atoms with van der Waals surface area (Å²) in [5.74, 6) is 0.221. The highest BCUT2D eigenvalue weighted by Gasteiger charge is 2.44. The van der Waals surface area contributed by atoms with Crippen LogP contribution in [-0.4, -0.2) is 45.1 Å². The zero-order valence-electron chi connectivity index (χ0n) is 18.5. The van der Waals surface area contributed by atoms with Crippen molar-refractivity contribution in [1.82, 2.24) is 4.90 Å². The van der Waals surface area contributed by atoms with Crippen LogP contribution in [0.25, 0.3) is 0 Å². The maximum atomic E-state index is 13.7. The van der Waals surface area contributed by atoms with Crippen LogP contribution in [-0.2, 0) is 4.79 Å². The summed E-state index contributed by atoms with van der Waals surface area (Å²) in [6, 6.07) is 11.7. The molecule has 172 valence electrons. The lowest BCUT2D eigenvalue weighted by Gasteiger charge is -2.39. The SMILES string of the molecule is COc1ccc(NC(=O)[C@@H]2c3cc(OC)c(OC)cc3C(=O)N(C)[C@H]2c2cccs2)cc1Cl. The van der Waals surface area contributed by atoms with Gasteiger partial charge in [-0.25, -0.2) is 0 Å². The number of likely N-dealkylation sites (N-methyl/N-ethyl adjacent to an activating group) is 1. The molecular weight excluding hydrogens is 464 g/mol. The van der Waals surface area contributed by atoms with Crippen molar-refractivity contribution in [3.05, 3.63) is 68.9 Å². The lowest BCUT2D eigenvalue weighted by atomic mass is 9.81. The van der Waals surface area contributed by atoms with Gasteiger partial charge >= 0.3 is 0 Å². The summed E-state index contributed by atoms with van der Waals surface area (Å²) in [5, 5.41) is 5.26. The first-order valence-electron chi connectivity index (χ1n) is 10.1. The van der Waals surface area contributed by atoms with Crippen molar-refractivity contribution < 1.29 is 23.8 Å². The standard InChI is InChI=1S/C24H23ClN2O5S/c1-27-22(20-6-5-9-33-20)21(23(28)26-13-7-8-17(30-2)16(25)10-13)14-11-18(31-3)19(32-4)12-15(14)24(27)29/h5-12,21-22H,1-4H3,(H,26,28)/t21-,22+/m1/s1. The summed E-state index contributed by atoms with van der Waals surface area (Å²) in [5.41, 5.74) is 1.50. The monoisotopic (exact) mass is 486 g/mol. The van der Waals surface area contributed by atoms with E-state index < -0.39 is 12.0 Å². The van der Waals surface area contributed by atoms with Crippen LogP contribution >= 0.6 is 22.9 Å². The van der Waals surface area contributed by atoms with Gasteiger partial charge in [0.2, 0.25) is 5.91 Å². The number of nitrogens with zero attached hydrogens (tertiary/aromatic N) is 1. The van der Waals surface area contributed by atoms with Crippen LogP contribution in [0.2, 0.25) is 5.02 Å². The second kappa shape index (κ2) is 9.33. The normalized spacial score (nSPS) is 17.4. The predicted molar refractivity (Wildman–Crippen MR) is 128 cm³/mol. The molecule has 2 amide bonds. The van der Waals surface area contributed by atoms with Crippen molar-refractivity contribution in [2.24, 2.45) is 0 Å². The maximum Gasteiger partial charge on any atom is 0.254 e. The van der Waals surface area contributed by atoms with E-state index in [-0.39, 0.29) is 11.8 Å². The van der Waals surface area contributed by atoms with E-state index in [2.05, 4.69) is 5.32 Å². The summed E-state index contributed by atoms with van der Waals surface area (Å²) in [7, 11) is 6.26. The number of ether oxygens (including phenoxy) is 3. The van der Waals surface area contributed by atoms with E-state index in [0.717, 1.165) is 4.88 Å². The number of carbonyl (C=O) groups excluding carboxylic acids is 2. The van der Waals surface area contributed by atoms with Crippen molar-refractivity contribution in [1.29, 1.82) is 0 Å². The topological polar surface area (TPSA) is 77.1 Å². The molecule has 3 aromatic rings. The highest BCUT2D eigenvalue weighted by Crippen LogP contribution is 2.47. The number of amides is 2. The summed E-state index contributed by atoms with van der Waals surface area (Å²) in [6.07, 6.45) is 0. The molecule has 0 bridgehead atoms. The summed E-state index contributed by atoms with van der Waals surface area (Å²) < 4.78 is 16.1. The molecule has 1 aliphatic rings. The van der Waals surface area contributed by atoms with Crippen molar-refractivity contribution in [3.63, 3.8) is 0 Å². The number of halogens is 1. The summed E-state index contributed by atoms with van der Waals surface area (Å²) in [6.45, 7) is 0. The fourth-order valence-corrected chi connectivity index (χ4v) is 5.27. The molecule has 0 unspecified atom stereocenters. The third kappa shape index (κ3) is 4.12. The van der Waals surface area contributed by atoms with Gasteiger partial charge in [-0.3, -0.25) is 9.59 Å². The minimum atomic E-state index is -0.693. The number of thiophene rings is 1. The smallest absolute Gasteiger partial charge is 0.254 e. The Kier molecular flexibility index (Phi) is 6.49. The van der Waals surface area contributed by atoms with Gasteiger partial charge in [0.25, 0.3) is 5.91 Å². The molecular formula is C24H23ClN2O5S. The van der Waals surface area contributed by atoms with Crippen molar-refractivity contribution >= 4 is 40.4 Å². The van der Waals surface area contributed by atoms with Gasteiger partial charge in [-0.2, -0.15) is 0 Å². The van der Waals surface area contributed by atoms with E-state index in [1.54, 1.807) is 42.3 Å². The van der Waals surface area contributed by atoms with Gasteiger partial charge in [-0.1, -0.05) is 17.7 Å².